The number of hydrogen-bond donors (Lipinski definition) is 2. The number of aliphatic hydroxyl groups is 2. The number of ether oxygens (including phenoxy) is 3. The Labute approximate surface area is 613 Å². The minimum Gasteiger partial charge on any atom is -0.489 e. The molecule has 105 heavy (non-hydrogen) atoms. The monoisotopic (exact) mass is 1440 g/mol. The van der Waals surface area contributed by atoms with E-state index in [1.807, 2.05) is 79.3 Å². The van der Waals surface area contributed by atoms with Crippen molar-refractivity contribution in [1.29, 1.82) is 0 Å². The molecule has 9 aliphatic heterocycles. The van der Waals surface area contributed by atoms with Crippen molar-refractivity contribution < 1.29 is 56.8 Å². The lowest BCUT2D eigenvalue weighted by molar-refractivity contribution is -0.131. The topological polar surface area (TPSA) is 203 Å². The summed E-state index contributed by atoms with van der Waals surface area (Å²) in [6.07, 6.45) is 3.33. The van der Waals surface area contributed by atoms with Gasteiger partial charge in [-0.3, -0.25) is 48.9 Å². The maximum atomic E-state index is 14.2. The first kappa shape index (κ1) is 74.1. The van der Waals surface area contributed by atoms with E-state index in [1.165, 1.54) is 36.4 Å². The highest BCUT2D eigenvalue weighted by Gasteiger charge is 2.59. The molecule has 0 spiro atoms. The number of hydrogen-bond acceptors (Lipinski definition) is 18. The lowest BCUT2D eigenvalue weighted by atomic mass is 9.66. The van der Waals surface area contributed by atoms with Crippen LogP contribution in [0.4, 0.5) is 30.2 Å². The van der Waals surface area contributed by atoms with Crippen molar-refractivity contribution in [2.24, 2.45) is 15.3 Å². The van der Waals surface area contributed by atoms with Gasteiger partial charge in [0.25, 0.3) is 0 Å². The summed E-state index contributed by atoms with van der Waals surface area (Å²) in [6.45, 7) is 23.4. The molecule has 15 rings (SSSR count). The number of benzene rings is 6. The van der Waals surface area contributed by atoms with Crippen molar-refractivity contribution in [3.8, 4) is 17.2 Å². The quantitative estimate of drug-likeness (QED) is 0.0824. The molecule has 0 radical (unpaired) electrons. The zero-order chi connectivity index (χ0) is 73.7. The SMILES string of the molecule is CC(=O)C1=NN2c3cc(F)ccc3OC[C@H]2[C@@]1(CCCN1CCN(C(C)=O)CC1)c1ccccc1.CC(=O)N1CCN(CCC[C@]2(c3ccccc3)C(C(C)O)=NN3c4cc(F)ccc4OC[C@H]32)CC1.CC(=O)N1CCN(CCC[C@]2(c3ccccc3)C(C(C)O)=NN3c4cc(F)ccc4OC[C@H]32)CC1. The third-order valence-corrected chi connectivity index (χ3v) is 22.8. The van der Waals surface area contributed by atoms with E-state index in [2.05, 4.69) is 51.1 Å². The number of hydrazone groups is 3. The van der Waals surface area contributed by atoms with Gasteiger partial charge in [-0.25, -0.2) is 13.2 Å². The molecule has 8 atom stereocenters. The lowest BCUT2D eigenvalue weighted by Crippen LogP contribution is -2.54. The Morgan fingerprint density at radius 2 is 0.705 bits per heavy atom. The first-order valence-electron chi connectivity index (χ1n) is 37.1. The molecule has 21 nitrogen and oxygen atoms in total. The van der Waals surface area contributed by atoms with Crippen LogP contribution in [-0.2, 0) is 35.4 Å². The summed E-state index contributed by atoms with van der Waals surface area (Å²) in [6, 6.07) is 43.2. The van der Waals surface area contributed by atoms with Crippen LogP contribution in [0.3, 0.4) is 0 Å². The first-order valence-corrected chi connectivity index (χ1v) is 37.1. The molecule has 2 N–H and O–H groups in total. The Kier molecular flexibility index (Phi) is 22.5. The van der Waals surface area contributed by atoms with Gasteiger partial charge in [0, 0.05) is 124 Å². The van der Waals surface area contributed by atoms with E-state index in [4.69, 9.17) is 29.5 Å². The molecule has 3 saturated heterocycles. The van der Waals surface area contributed by atoms with Gasteiger partial charge in [-0.1, -0.05) is 91.0 Å². The smallest absolute Gasteiger partial charge is 0.219 e. The van der Waals surface area contributed by atoms with Crippen LogP contribution < -0.4 is 29.2 Å². The molecule has 0 bridgehead atoms. The zero-order valence-corrected chi connectivity index (χ0v) is 61.0. The number of halogens is 3. The second-order valence-corrected chi connectivity index (χ2v) is 29.0. The van der Waals surface area contributed by atoms with E-state index < -0.39 is 28.5 Å². The Morgan fingerprint density at radius 3 is 1.00 bits per heavy atom. The Morgan fingerprint density at radius 1 is 0.419 bits per heavy atom. The molecule has 3 amide bonds. The number of ketones is 1. The molecule has 6 aromatic rings. The minimum atomic E-state index is -0.767. The van der Waals surface area contributed by atoms with E-state index in [0.29, 0.717) is 77.7 Å². The summed E-state index contributed by atoms with van der Waals surface area (Å²) in [5, 5.41) is 42.0. The number of aliphatic hydroxyl groups excluding tert-OH is 2. The van der Waals surface area contributed by atoms with Crippen molar-refractivity contribution in [1.82, 2.24) is 29.4 Å². The van der Waals surface area contributed by atoms with Crippen molar-refractivity contribution >= 4 is 57.7 Å². The number of fused-ring (bicyclic) bond motifs is 9. The number of Topliss-reactive ketones (excluding diaryl/α,β-unsaturated/α-hetero) is 1. The summed E-state index contributed by atoms with van der Waals surface area (Å²) in [5.74, 6) is 1.01. The van der Waals surface area contributed by atoms with Crippen molar-refractivity contribution in [3.63, 3.8) is 0 Å². The van der Waals surface area contributed by atoms with Crippen LogP contribution in [-0.4, -0.2) is 229 Å². The summed E-state index contributed by atoms with van der Waals surface area (Å²) in [4.78, 5) is 60.8. The second-order valence-electron chi connectivity index (χ2n) is 29.0. The fourth-order valence-electron chi connectivity index (χ4n) is 17.6. The lowest BCUT2D eigenvalue weighted by Gasteiger charge is -2.42. The molecule has 24 heteroatoms. The molecule has 0 aromatic heterocycles. The molecule has 556 valence electrons. The Hall–Kier alpha value is -9.20. The molecule has 3 fully saturated rings. The predicted octanol–water partition coefficient (Wildman–Crippen LogP) is 9.29. The maximum absolute atomic E-state index is 14.2. The number of anilines is 3. The van der Waals surface area contributed by atoms with Gasteiger partial charge >= 0.3 is 0 Å². The number of carbonyl (C=O) groups excluding carboxylic acids is 4. The standard InChI is InChI=1S/2C27H33FN4O3.C27H31FN4O3/c3*1-19(33)26-27(21-7-4-3-5-8-21,11-6-12-30-13-15-31(16-14-30)20(2)34)25-18-35-24-10-9-22(28)17-23(24)32(25)29-26/h2*3-5,7-10,17,19,25,33H,6,11-16,18H2,1-2H3;3-5,7-10,17,25H,6,11-16,18H2,1-2H3/t2*19?,25-,27+;25-,27+/m000/s1. The van der Waals surface area contributed by atoms with Crippen molar-refractivity contribution in [3.05, 3.63) is 180 Å². The van der Waals surface area contributed by atoms with E-state index in [9.17, 15) is 42.6 Å². The van der Waals surface area contributed by atoms with Crippen LogP contribution in [0.5, 0.6) is 17.2 Å². The van der Waals surface area contributed by atoms with Crippen LogP contribution >= 0.6 is 0 Å². The number of rotatable bonds is 18. The van der Waals surface area contributed by atoms with Gasteiger partial charge in [-0.2, -0.15) is 15.3 Å². The second kappa shape index (κ2) is 31.9. The third kappa shape index (κ3) is 14.9. The molecule has 9 aliphatic rings. The fourth-order valence-corrected chi connectivity index (χ4v) is 17.6. The third-order valence-electron chi connectivity index (χ3n) is 22.8. The summed E-state index contributed by atoms with van der Waals surface area (Å²) in [5.41, 5.74) is 5.00. The molecule has 9 heterocycles. The van der Waals surface area contributed by atoms with Gasteiger partial charge in [0.2, 0.25) is 17.7 Å². The first-order chi connectivity index (χ1) is 50.7. The molecular formula is C81H97F3N12O9. The average Bonchev–Trinajstić information content (AvgIpc) is 1.58. The summed E-state index contributed by atoms with van der Waals surface area (Å²) >= 11 is 0. The summed E-state index contributed by atoms with van der Waals surface area (Å²) < 4.78 is 60.9. The Balaban J connectivity index is 0.000000140. The van der Waals surface area contributed by atoms with Gasteiger partial charge in [-0.05, 0) is 125 Å². The highest BCUT2D eigenvalue weighted by Crippen LogP contribution is 2.53. The summed E-state index contributed by atoms with van der Waals surface area (Å²) in [7, 11) is 0. The normalized spacial score (nSPS) is 24.6. The number of carbonyl (C=O) groups is 4. The Bertz CT molecular complexity index is 4010. The molecule has 0 aliphatic carbocycles. The van der Waals surface area contributed by atoms with E-state index in [1.54, 1.807) is 64.8 Å². The van der Waals surface area contributed by atoms with Crippen molar-refractivity contribution in [2.75, 3.05) is 133 Å². The molecule has 0 saturated carbocycles. The highest BCUT2D eigenvalue weighted by molar-refractivity contribution is 6.43. The van der Waals surface area contributed by atoms with Crippen LogP contribution in [0.2, 0.25) is 0 Å². The van der Waals surface area contributed by atoms with Crippen LogP contribution in [0.15, 0.2) is 161 Å². The van der Waals surface area contributed by atoms with Gasteiger partial charge in [0.15, 0.2) is 5.78 Å². The van der Waals surface area contributed by atoms with Gasteiger partial charge in [0.05, 0.1) is 39.9 Å². The maximum Gasteiger partial charge on any atom is 0.219 e. The highest BCUT2D eigenvalue weighted by atomic mass is 19.1. The number of nitrogens with zero attached hydrogens (tertiary/aromatic N) is 12. The average molecular weight is 1440 g/mol. The largest absolute Gasteiger partial charge is 0.489 e. The van der Waals surface area contributed by atoms with Crippen LogP contribution in [0, 0.1) is 17.5 Å². The predicted molar refractivity (Wildman–Crippen MR) is 399 cm³/mol. The van der Waals surface area contributed by atoms with Gasteiger partial charge < -0.3 is 39.1 Å². The van der Waals surface area contributed by atoms with Crippen molar-refractivity contribution in [2.45, 2.75) is 127 Å². The van der Waals surface area contributed by atoms with E-state index in [-0.39, 0.29) is 59.1 Å². The fraction of sp³-hybridized carbons (Fsp3) is 0.469. The van der Waals surface area contributed by atoms with Crippen LogP contribution in [0.1, 0.15) is 96.8 Å². The van der Waals surface area contributed by atoms with Gasteiger partial charge in [-0.15, -0.1) is 0 Å². The van der Waals surface area contributed by atoms with E-state index in [0.717, 1.165) is 147 Å². The number of amides is 3. The van der Waals surface area contributed by atoms with Crippen LogP contribution in [0.25, 0.3) is 0 Å². The van der Waals surface area contributed by atoms with E-state index >= 15 is 0 Å². The zero-order valence-electron chi connectivity index (χ0n) is 61.0. The van der Waals surface area contributed by atoms with Gasteiger partial charge in [0.1, 0.15) is 95.4 Å². The molecule has 2 unspecified atom stereocenters. The minimum absolute atomic E-state index is 0.0868. The molecular weight excluding hydrogens is 1340 g/mol. The number of piperazine rings is 3. The molecule has 6 aromatic carbocycles.